The van der Waals surface area contributed by atoms with Gasteiger partial charge in [-0.15, -0.1) is 0 Å². The molecule has 0 radical (unpaired) electrons. The van der Waals surface area contributed by atoms with E-state index >= 15 is 0 Å². The van der Waals surface area contributed by atoms with Gasteiger partial charge in [-0.1, -0.05) is 73.3 Å². The van der Waals surface area contributed by atoms with Crippen molar-refractivity contribution in [1.82, 2.24) is 20.2 Å². The minimum atomic E-state index is -0.381. The number of amides is 1. The van der Waals surface area contributed by atoms with Crippen LogP contribution in [0.15, 0.2) is 59.0 Å². The molecule has 1 fully saturated rings. The molecule has 244 valence electrons. The molecule has 9 heteroatoms. The van der Waals surface area contributed by atoms with Crippen LogP contribution in [0.5, 0.6) is 0 Å². The molecule has 0 aliphatic carbocycles. The molecule has 1 aliphatic heterocycles. The zero-order chi connectivity index (χ0) is 33.3. The first-order valence-corrected chi connectivity index (χ1v) is 16.7. The smallest absolute Gasteiger partial charge is 0.275 e. The molecule has 0 saturated carbocycles. The van der Waals surface area contributed by atoms with Gasteiger partial charge in [0.15, 0.2) is 0 Å². The number of carbonyl (C=O) groups is 2. The maximum atomic E-state index is 12.9. The van der Waals surface area contributed by atoms with Crippen molar-refractivity contribution in [1.29, 1.82) is 0 Å². The second-order valence-corrected chi connectivity index (χ2v) is 11.6. The Kier molecular flexibility index (Phi) is 17.8. The number of hydrogen-bond acceptors (Lipinski definition) is 7. The summed E-state index contributed by atoms with van der Waals surface area (Å²) in [4.78, 5) is 36.3. The van der Waals surface area contributed by atoms with Crippen molar-refractivity contribution < 1.29 is 14.7 Å². The third kappa shape index (κ3) is 10.3. The topological polar surface area (TPSA) is 107 Å². The van der Waals surface area contributed by atoms with Crippen LogP contribution in [-0.4, -0.2) is 58.4 Å². The molecular formula is C35H54BrN5O3. The largest absolute Gasteiger partial charge is 0.400 e. The summed E-state index contributed by atoms with van der Waals surface area (Å²) in [6, 6.07) is 7.22. The monoisotopic (exact) mass is 671 g/mol. The number of aldehydes is 1. The summed E-state index contributed by atoms with van der Waals surface area (Å²) in [6.07, 6.45) is 10.5. The van der Waals surface area contributed by atoms with Crippen LogP contribution < -0.4 is 10.6 Å². The van der Waals surface area contributed by atoms with Crippen molar-refractivity contribution >= 4 is 33.8 Å². The van der Waals surface area contributed by atoms with Crippen LogP contribution in [0.3, 0.4) is 0 Å². The van der Waals surface area contributed by atoms with Gasteiger partial charge >= 0.3 is 0 Å². The van der Waals surface area contributed by atoms with E-state index in [2.05, 4.69) is 74.9 Å². The number of allylic oxidation sites excluding steroid dienone is 1. The van der Waals surface area contributed by atoms with E-state index in [1.807, 2.05) is 52.0 Å². The van der Waals surface area contributed by atoms with Gasteiger partial charge in [0.1, 0.15) is 17.8 Å². The van der Waals surface area contributed by atoms with E-state index in [1.54, 1.807) is 6.20 Å². The van der Waals surface area contributed by atoms with Crippen LogP contribution >= 0.6 is 15.9 Å². The van der Waals surface area contributed by atoms with E-state index in [9.17, 15) is 9.59 Å². The summed E-state index contributed by atoms with van der Waals surface area (Å²) in [7, 11) is 1.00. The fourth-order valence-corrected chi connectivity index (χ4v) is 5.77. The number of benzene rings is 1. The highest BCUT2D eigenvalue weighted by Gasteiger charge is 2.38. The van der Waals surface area contributed by atoms with E-state index in [1.165, 1.54) is 12.8 Å². The number of nitrogens with one attached hydrogen (secondary N) is 2. The molecule has 1 amide bonds. The first-order valence-electron chi connectivity index (χ1n) is 15.9. The van der Waals surface area contributed by atoms with Crippen LogP contribution in [-0.2, 0) is 11.2 Å². The molecule has 2 aromatic rings. The zero-order valence-electron chi connectivity index (χ0n) is 28.0. The summed E-state index contributed by atoms with van der Waals surface area (Å²) in [5.41, 5.74) is 3.98. The Bertz CT molecular complexity index is 1200. The van der Waals surface area contributed by atoms with Crippen molar-refractivity contribution in [3.8, 4) is 0 Å². The van der Waals surface area contributed by atoms with Gasteiger partial charge in [0.05, 0.1) is 10.5 Å². The number of hydrogen-bond donors (Lipinski definition) is 3. The fraction of sp³-hybridized carbons (Fsp3) is 0.543. The molecule has 1 aromatic heterocycles. The summed E-state index contributed by atoms with van der Waals surface area (Å²) in [6.45, 7) is 21.2. The lowest BCUT2D eigenvalue weighted by Crippen LogP contribution is -2.43. The van der Waals surface area contributed by atoms with E-state index in [4.69, 9.17) is 5.11 Å². The van der Waals surface area contributed by atoms with E-state index in [-0.39, 0.29) is 23.3 Å². The lowest BCUT2D eigenvalue weighted by atomic mass is 9.75. The van der Waals surface area contributed by atoms with Crippen molar-refractivity contribution in [2.75, 3.05) is 25.5 Å². The lowest BCUT2D eigenvalue weighted by Gasteiger charge is -2.42. The number of aliphatic hydroxyl groups excluding tert-OH is 1. The minimum Gasteiger partial charge on any atom is -0.400 e. The molecule has 44 heavy (non-hydrogen) atoms. The Labute approximate surface area is 274 Å². The molecule has 1 saturated heterocycles. The predicted molar refractivity (Wildman–Crippen MR) is 186 cm³/mol. The van der Waals surface area contributed by atoms with E-state index < -0.39 is 0 Å². The molecule has 8 nitrogen and oxygen atoms in total. The van der Waals surface area contributed by atoms with Crippen LogP contribution in [0, 0.1) is 5.41 Å². The van der Waals surface area contributed by atoms with Crippen LogP contribution in [0.25, 0.3) is 0 Å². The third-order valence-electron chi connectivity index (χ3n) is 7.84. The van der Waals surface area contributed by atoms with Crippen molar-refractivity contribution in [2.24, 2.45) is 5.41 Å². The summed E-state index contributed by atoms with van der Waals surface area (Å²) in [5.74, 6) is 0.426. The van der Waals surface area contributed by atoms with Gasteiger partial charge in [0.25, 0.3) is 5.91 Å². The zero-order valence-corrected chi connectivity index (χ0v) is 29.6. The Morgan fingerprint density at radius 1 is 1.11 bits per heavy atom. The molecule has 1 atom stereocenters. The summed E-state index contributed by atoms with van der Waals surface area (Å²) < 4.78 is 0.546. The predicted octanol–water partition coefficient (Wildman–Crippen LogP) is 7.66. The van der Waals surface area contributed by atoms with Gasteiger partial charge in [-0.2, -0.15) is 0 Å². The Hall–Kier alpha value is -3.04. The summed E-state index contributed by atoms with van der Waals surface area (Å²) >= 11 is 3.38. The van der Waals surface area contributed by atoms with E-state index in [0.29, 0.717) is 28.1 Å². The second-order valence-electron chi connectivity index (χ2n) is 10.8. The SMILES string of the molecule is C=C(N1CCCC1)C(CC)(CC)/C(=C\CC)NC(C=O)Cc1ccc(NC(=O)c2nc(C(C)C)ncc2Br)cc1.CC.CO. The molecule has 0 bridgehead atoms. The third-order valence-corrected chi connectivity index (χ3v) is 8.42. The number of nitrogens with zero attached hydrogens (tertiary/aromatic N) is 3. The van der Waals surface area contributed by atoms with Crippen molar-refractivity contribution in [3.05, 3.63) is 76.1 Å². The van der Waals surface area contributed by atoms with Gasteiger partial charge in [0.2, 0.25) is 0 Å². The van der Waals surface area contributed by atoms with Crippen LogP contribution in [0.1, 0.15) is 108 Å². The van der Waals surface area contributed by atoms with Gasteiger partial charge in [0, 0.05) is 54.8 Å². The number of anilines is 1. The molecule has 1 aliphatic rings. The first-order chi connectivity index (χ1) is 21.2. The highest BCUT2D eigenvalue weighted by atomic mass is 79.9. The van der Waals surface area contributed by atoms with Gasteiger partial charge in [-0.25, -0.2) is 9.97 Å². The Balaban J connectivity index is 0.00000232. The Morgan fingerprint density at radius 3 is 2.20 bits per heavy atom. The maximum absolute atomic E-state index is 12.9. The number of halogens is 1. The number of aliphatic hydroxyl groups is 1. The average Bonchev–Trinajstić information content (AvgIpc) is 3.59. The van der Waals surface area contributed by atoms with Crippen LogP contribution in [0.2, 0.25) is 0 Å². The summed E-state index contributed by atoms with van der Waals surface area (Å²) in [5, 5.41) is 13.5. The quantitative estimate of drug-likeness (QED) is 0.177. The number of carbonyl (C=O) groups excluding carboxylic acids is 2. The average molecular weight is 673 g/mol. The van der Waals surface area contributed by atoms with E-state index in [0.717, 1.165) is 62.7 Å². The maximum Gasteiger partial charge on any atom is 0.275 e. The molecule has 2 heterocycles. The molecule has 1 unspecified atom stereocenters. The van der Waals surface area contributed by atoms with Gasteiger partial charge in [-0.05, 0) is 72.2 Å². The number of likely N-dealkylation sites (tertiary alicyclic amines) is 1. The first kappa shape index (κ1) is 39.0. The molecular weight excluding hydrogens is 618 g/mol. The molecule has 0 spiro atoms. The number of aromatic nitrogens is 2. The highest BCUT2D eigenvalue weighted by molar-refractivity contribution is 9.10. The van der Waals surface area contributed by atoms with Crippen molar-refractivity contribution in [2.45, 2.75) is 99.0 Å². The van der Waals surface area contributed by atoms with Gasteiger partial charge < -0.3 is 25.4 Å². The lowest BCUT2D eigenvalue weighted by molar-refractivity contribution is -0.109. The van der Waals surface area contributed by atoms with Gasteiger partial charge in [-0.3, -0.25) is 4.79 Å². The standard InChI is InChI=1S/C32H44BrN5O2.C2H6.CH4O/c1-7-12-28(32(8-2,9-3)23(6)38-17-10-11-18-38)35-26(21-39)19-24-13-15-25(16-14-24)36-31(40)29-27(33)20-34-30(37-29)22(4)5;2*1-2/h12-16,20-22,26,35H,6-11,17-19H2,1-5H3,(H,36,40);1-2H3;2H,1H3/b28-12+;;. The fourth-order valence-electron chi connectivity index (χ4n) is 5.40. The number of rotatable bonds is 14. The van der Waals surface area contributed by atoms with Crippen LogP contribution in [0.4, 0.5) is 5.69 Å². The minimum absolute atomic E-state index is 0.115. The molecule has 3 N–H and O–H groups in total. The normalized spacial score (nSPS) is 13.7. The van der Waals surface area contributed by atoms with Crippen molar-refractivity contribution in [3.63, 3.8) is 0 Å². The molecule has 1 aromatic carbocycles. The second kappa shape index (κ2) is 20.1. The molecule has 3 rings (SSSR count). The highest BCUT2D eigenvalue weighted by Crippen LogP contribution is 2.43. The Morgan fingerprint density at radius 2 is 1.70 bits per heavy atom.